The van der Waals surface area contributed by atoms with Crippen LogP contribution in [0.15, 0.2) is 24.3 Å². The van der Waals surface area contributed by atoms with Crippen molar-refractivity contribution in [3.05, 3.63) is 35.4 Å². The molecule has 1 heterocycles. The Morgan fingerprint density at radius 3 is 2.38 bits per heavy atom. The summed E-state index contributed by atoms with van der Waals surface area (Å²) in [6, 6.07) is 7.07. The van der Waals surface area contributed by atoms with Crippen molar-refractivity contribution in [1.82, 2.24) is 4.72 Å². The Morgan fingerprint density at radius 1 is 1.17 bits per heavy atom. The summed E-state index contributed by atoms with van der Waals surface area (Å²) >= 11 is 0. The van der Waals surface area contributed by atoms with E-state index in [9.17, 15) is 18.6 Å². The molecule has 1 aliphatic heterocycles. The third-order valence-electron chi connectivity index (χ3n) is 4.95. The van der Waals surface area contributed by atoms with Gasteiger partial charge < -0.3 is 14.9 Å². The Labute approximate surface area is 142 Å². The first-order chi connectivity index (χ1) is 11.3. The van der Waals surface area contributed by atoms with Gasteiger partial charge in [0.25, 0.3) is 0 Å². The molecule has 7 heteroatoms. The van der Waals surface area contributed by atoms with Crippen LogP contribution in [0.25, 0.3) is 0 Å². The zero-order chi connectivity index (χ0) is 17.3. The smallest absolute Gasteiger partial charge is 0.209 e. The molecule has 4 atom stereocenters. The number of benzene rings is 1. The summed E-state index contributed by atoms with van der Waals surface area (Å²) in [6.07, 6.45) is 2.96. The third-order valence-corrected chi connectivity index (χ3v) is 5.68. The Hall–Kier alpha value is -0.990. The molecule has 0 bridgehead atoms. The van der Waals surface area contributed by atoms with Gasteiger partial charge in [0.15, 0.2) is 0 Å². The molecule has 6 nitrogen and oxygen atoms in total. The molecule has 1 aliphatic carbocycles. The second-order valence-electron chi connectivity index (χ2n) is 6.97. The van der Waals surface area contributed by atoms with Crippen molar-refractivity contribution < 1.29 is 23.4 Å². The van der Waals surface area contributed by atoms with Crippen LogP contribution in [0, 0.1) is 5.92 Å². The molecule has 0 aromatic heterocycles. The molecule has 24 heavy (non-hydrogen) atoms. The van der Waals surface area contributed by atoms with Crippen LogP contribution in [0.5, 0.6) is 0 Å². The lowest BCUT2D eigenvalue weighted by atomic mass is 9.81. The highest BCUT2D eigenvalue weighted by Gasteiger charge is 2.40. The van der Waals surface area contributed by atoms with Gasteiger partial charge in [-0.2, -0.15) is 0 Å². The molecule has 1 saturated carbocycles. The first-order valence-electron chi connectivity index (χ1n) is 8.37. The average Bonchev–Trinajstić information content (AvgIpc) is 2.48. The van der Waals surface area contributed by atoms with Crippen molar-refractivity contribution in [2.24, 2.45) is 5.92 Å². The third kappa shape index (κ3) is 4.15. The minimum atomic E-state index is -3.48. The molecule has 0 unspecified atom stereocenters. The summed E-state index contributed by atoms with van der Waals surface area (Å²) in [5.41, 5.74) is 2.06. The topological polar surface area (TPSA) is 95.9 Å². The molecular weight excluding hydrogens is 330 g/mol. The number of sulfonamides is 1. The number of hydrogen-bond donors (Lipinski definition) is 3. The molecule has 0 radical (unpaired) electrons. The van der Waals surface area contributed by atoms with Gasteiger partial charge in [0.05, 0.1) is 18.9 Å². The maximum atomic E-state index is 11.3. The SMILES string of the molecule is CS(=O)(=O)N[C@H]1CO[C@H](c2ccc(CC3CCC3)cc2)[C@H](O)[C@@H]1O. The molecule has 2 aliphatic rings. The summed E-state index contributed by atoms with van der Waals surface area (Å²) in [5.74, 6) is 0.789. The number of nitrogens with one attached hydrogen (secondary N) is 1. The van der Waals surface area contributed by atoms with E-state index in [-0.39, 0.29) is 6.61 Å². The van der Waals surface area contributed by atoms with Gasteiger partial charge in [-0.3, -0.25) is 0 Å². The zero-order valence-corrected chi connectivity index (χ0v) is 14.6. The summed E-state index contributed by atoms with van der Waals surface area (Å²) in [6.45, 7) is 0.0137. The van der Waals surface area contributed by atoms with Crippen LogP contribution in [-0.4, -0.2) is 49.7 Å². The Bertz CT molecular complexity index is 656. The standard InChI is InChI=1S/C17H25NO5S/c1-24(21,22)18-14-10-23-17(16(20)15(14)19)13-7-5-12(6-8-13)9-11-3-2-4-11/h5-8,11,14-20H,2-4,9-10H2,1H3/t14-,15+,16+,17+/m0/s1. The van der Waals surface area contributed by atoms with Gasteiger partial charge in [0, 0.05) is 0 Å². The second kappa shape index (κ2) is 7.09. The fraction of sp³-hybridized carbons (Fsp3) is 0.647. The van der Waals surface area contributed by atoms with E-state index >= 15 is 0 Å². The van der Waals surface area contributed by atoms with Crippen LogP contribution in [0.3, 0.4) is 0 Å². The van der Waals surface area contributed by atoms with E-state index in [2.05, 4.69) is 4.72 Å². The van der Waals surface area contributed by atoms with E-state index < -0.39 is 34.4 Å². The fourth-order valence-electron chi connectivity index (χ4n) is 3.37. The van der Waals surface area contributed by atoms with Gasteiger partial charge in [-0.05, 0) is 23.5 Å². The van der Waals surface area contributed by atoms with E-state index in [4.69, 9.17) is 4.74 Å². The monoisotopic (exact) mass is 355 g/mol. The molecule has 1 aromatic rings. The molecular formula is C17H25NO5S. The van der Waals surface area contributed by atoms with Crippen LogP contribution < -0.4 is 4.72 Å². The quantitative estimate of drug-likeness (QED) is 0.724. The Morgan fingerprint density at radius 2 is 1.83 bits per heavy atom. The van der Waals surface area contributed by atoms with Crippen LogP contribution in [-0.2, 0) is 21.2 Å². The molecule has 1 aromatic carbocycles. The summed E-state index contributed by atoms with van der Waals surface area (Å²) in [5, 5.41) is 20.5. The highest BCUT2D eigenvalue weighted by Crippen LogP contribution is 2.32. The predicted octanol–water partition coefficient (Wildman–Crippen LogP) is 0.740. The summed E-state index contributed by atoms with van der Waals surface area (Å²) in [7, 11) is -3.48. The van der Waals surface area contributed by atoms with Crippen molar-refractivity contribution in [2.75, 3.05) is 12.9 Å². The van der Waals surface area contributed by atoms with Gasteiger partial charge >= 0.3 is 0 Å². The number of aliphatic hydroxyl groups is 2. The normalized spacial score (nSPS) is 31.6. The minimum absolute atomic E-state index is 0.0137. The summed E-state index contributed by atoms with van der Waals surface area (Å²) in [4.78, 5) is 0. The van der Waals surface area contributed by atoms with Gasteiger partial charge in [-0.25, -0.2) is 13.1 Å². The lowest BCUT2D eigenvalue weighted by Crippen LogP contribution is -2.56. The first kappa shape index (κ1) is 17.8. The van der Waals surface area contributed by atoms with E-state index in [1.165, 1.54) is 24.8 Å². The summed E-state index contributed by atoms with van der Waals surface area (Å²) < 4.78 is 30.5. The van der Waals surface area contributed by atoms with Gasteiger partial charge in [0.2, 0.25) is 10.0 Å². The van der Waals surface area contributed by atoms with E-state index in [0.29, 0.717) is 0 Å². The van der Waals surface area contributed by atoms with Crippen LogP contribution in [0.4, 0.5) is 0 Å². The van der Waals surface area contributed by atoms with Crippen molar-refractivity contribution in [2.45, 2.75) is 50.0 Å². The van der Waals surface area contributed by atoms with Crippen LogP contribution in [0.1, 0.15) is 36.5 Å². The van der Waals surface area contributed by atoms with Crippen molar-refractivity contribution in [3.63, 3.8) is 0 Å². The van der Waals surface area contributed by atoms with Gasteiger partial charge in [0.1, 0.15) is 18.3 Å². The maximum Gasteiger partial charge on any atom is 0.209 e. The average molecular weight is 355 g/mol. The lowest BCUT2D eigenvalue weighted by Gasteiger charge is -2.37. The molecule has 3 rings (SSSR count). The van der Waals surface area contributed by atoms with Gasteiger partial charge in [-0.1, -0.05) is 43.5 Å². The largest absolute Gasteiger partial charge is 0.389 e. The fourth-order valence-corrected chi connectivity index (χ4v) is 4.12. The van der Waals surface area contributed by atoms with E-state index in [1.54, 1.807) is 0 Å². The number of aliphatic hydroxyl groups excluding tert-OH is 2. The Kier molecular flexibility index (Phi) is 5.27. The van der Waals surface area contributed by atoms with Gasteiger partial charge in [-0.15, -0.1) is 0 Å². The van der Waals surface area contributed by atoms with Crippen molar-refractivity contribution in [3.8, 4) is 0 Å². The molecule has 1 saturated heterocycles. The molecule has 3 N–H and O–H groups in total. The molecule has 2 fully saturated rings. The van der Waals surface area contributed by atoms with E-state index in [0.717, 1.165) is 24.2 Å². The van der Waals surface area contributed by atoms with Crippen molar-refractivity contribution >= 4 is 10.0 Å². The van der Waals surface area contributed by atoms with Crippen LogP contribution in [0.2, 0.25) is 0 Å². The zero-order valence-electron chi connectivity index (χ0n) is 13.8. The number of rotatable bonds is 5. The number of hydrogen-bond acceptors (Lipinski definition) is 5. The minimum Gasteiger partial charge on any atom is -0.389 e. The van der Waals surface area contributed by atoms with E-state index in [1.807, 2.05) is 24.3 Å². The molecule has 134 valence electrons. The highest BCUT2D eigenvalue weighted by molar-refractivity contribution is 7.88. The highest BCUT2D eigenvalue weighted by atomic mass is 32.2. The number of ether oxygens (including phenoxy) is 1. The molecule has 0 spiro atoms. The first-order valence-corrected chi connectivity index (χ1v) is 10.3. The maximum absolute atomic E-state index is 11.3. The van der Waals surface area contributed by atoms with Crippen molar-refractivity contribution in [1.29, 1.82) is 0 Å². The van der Waals surface area contributed by atoms with Crippen LogP contribution >= 0.6 is 0 Å². The molecule has 0 amide bonds. The lowest BCUT2D eigenvalue weighted by molar-refractivity contribution is -0.149. The second-order valence-corrected chi connectivity index (χ2v) is 8.75. The Balaban J connectivity index is 1.64. The predicted molar refractivity (Wildman–Crippen MR) is 90.0 cm³/mol.